The summed E-state index contributed by atoms with van der Waals surface area (Å²) >= 11 is 1.92. The summed E-state index contributed by atoms with van der Waals surface area (Å²) in [6.07, 6.45) is 0. The van der Waals surface area contributed by atoms with E-state index in [9.17, 15) is 0 Å². The minimum absolute atomic E-state index is 1.22. The van der Waals surface area contributed by atoms with E-state index in [1.54, 1.807) is 0 Å². The van der Waals surface area contributed by atoms with Crippen molar-refractivity contribution in [2.24, 2.45) is 0 Å². The Morgan fingerprint density at radius 1 is 0.357 bits per heavy atom. The van der Waals surface area contributed by atoms with Gasteiger partial charge in [0.15, 0.2) is 0 Å². The lowest BCUT2D eigenvalue weighted by Crippen LogP contribution is -1.97. The van der Waals surface area contributed by atoms with Gasteiger partial charge >= 0.3 is 0 Å². The van der Waals surface area contributed by atoms with Crippen molar-refractivity contribution in [2.45, 2.75) is 0 Å². The van der Waals surface area contributed by atoms with Gasteiger partial charge in [-0.15, -0.1) is 11.3 Å². The normalized spacial score (nSPS) is 12.3. The molecule has 2 heteroatoms. The van der Waals surface area contributed by atoms with Crippen molar-refractivity contribution >= 4 is 96.4 Å². The van der Waals surface area contributed by atoms with Crippen LogP contribution in [-0.4, -0.2) is 4.57 Å². The molecule has 0 atom stereocenters. The van der Waals surface area contributed by atoms with Crippen LogP contribution in [0, 0.1) is 0 Å². The number of aromatic nitrogens is 1. The molecule has 42 heavy (non-hydrogen) atoms. The average Bonchev–Trinajstić information content (AvgIpc) is 3.62. The second-order valence-electron chi connectivity index (χ2n) is 11.2. The molecule has 8 aromatic carbocycles. The summed E-state index contributed by atoms with van der Waals surface area (Å²) in [6.45, 7) is 0. The molecule has 0 radical (unpaired) electrons. The van der Waals surface area contributed by atoms with E-state index in [1.807, 2.05) is 11.3 Å². The Bertz CT molecular complexity index is 2740. The van der Waals surface area contributed by atoms with Crippen molar-refractivity contribution in [3.8, 4) is 5.69 Å². The fourth-order valence-electron chi connectivity index (χ4n) is 7.46. The van der Waals surface area contributed by atoms with Crippen molar-refractivity contribution in [3.63, 3.8) is 0 Å². The van der Waals surface area contributed by atoms with Crippen molar-refractivity contribution in [2.75, 3.05) is 0 Å². The number of fused-ring (bicyclic) bond motifs is 16. The molecular formula is C40H23NS. The highest BCUT2D eigenvalue weighted by molar-refractivity contribution is 7.27. The Morgan fingerprint density at radius 2 is 0.881 bits per heavy atom. The van der Waals surface area contributed by atoms with Gasteiger partial charge in [-0.3, -0.25) is 0 Å². The molecule has 0 saturated carbocycles. The molecule has 0 saturated heterocycles. The fourth-order valence-corrected chi connectivity index (χ4v) is 8.71. The third-order valence-corrected chi connectivity index (χ3v) is 10.3. The summed E-state index contributed by atoms with van der Waals surface area (Å²) in [5.74, 6) is 0. The largest absolute Gasteiger partial charge is 0.307 e. The molecule has 194 valence electrons. The van der Waals surface area contributed by atoms with Crippen LogP contribution in [0.3, 0.4) is 0 Å². The number of benzene rings is 8. The minimum Gasteiger partial charge on any atom is -0.307 e. The van der Waals surface area contributed by atoms with Crippen LogP contribution < -0.4 is 0 Å². The molecule has 0 bridgehead atoms. The van der Waals surface area contributed by atoms with E-state index < -0.39 is 0 Å². The van der Waals surface area contributed by atoms with Crippen LogP contribution in [0.2, 0.25) is 0 Å². The third-order valence-electron chi connectivity index (χ3n) is 9.12. The van der Waals surface area contributed by atoms with Crippen molar-refractivity contribution < 1.29 is 0 Å². The topological polar surface area (TPSA) is 4.93 Å². The van der Waals surface area contributed by atoms with Crippen LogP contribution in [0.5, 0.6) is 0 Å². The average molecular weight is 550 g/mol. The van der Waals surface area contributed by atoms with Crippen LogP contribution in [0.15, 0.2) is 140 Å². The number of thiophene rings is 1. The van der Waals surface area contributed by atoms with Crippen molar-refractivity contribution in [3.05, 3.63) is 140 Å². The molecule has 1 nitrogen and oxygen atoms in total. The standard InChI is InChI=1S/C40H23NS/c1-2-14-25-24(12-1)13-11-22-33(25)41-38-30-19-7-4-16-27(30)26-15-3-5-17-28(26)35(38)36-29-18-6-8-20-31(29)40-37(39(36)41)32-21-9-10-23-34(32)42-40/h1-23H. The van der Waals surface area contributed by atoms with Gasteiger partial charge in [0, 0.05) is 47.1 Å². The van der Waals surface area contributed by atoms with E-state index in [2.05, 4.69) is 144 Å². The summed E-state index contributed by atoms with van der Waals surface area (Å²) in [5.41, 5.74) is 3.80. The Kier molecular flexibility index (Phi) is 4.39. The predicted molar refractivity (Wildman–Crippen MR) is 184 cm³/mol. The highest BCUT2D eigenvalue weighted by Gasteiger charge is 2.25. The first-order valence-electron chi connectivity index (χ1n) is 14.5. The first kappa shape index (κ1) is 22.5. The molecule has 0 aliphatic rings. The van der Waals surface area contributed by atoms with Crippen LogP contribution >= 0.6 is 11.3 Å². The molecule has 0 N–H and O–H groups in total. The monoisotopic (exact) mass is 549 g/mol. The molecular weight excluding hydrogens is 527 g/mol. The lowest BCUT2D eigenvalue weighted by Gasteiger charge is -2.15. The van der Waals surface area contributed by atoms with Gasteiger partial charge in [0.25, 0.3) is 0 Å². The van der Waals surface area contributed by atoms with Gasteiger partial charge in [-0.2, -0.15) is 0 Å². The molecule has 0 aliphatic heterocycles. The van der Waals surface area contributed by atoms with E-state index in [1.165, 1.54) is 90.8 Å². The van der Waals surface area contributed by atoms with Crippen LogP contribution in [0.1, 0.15) is 0 Å². The highest BCUT2D eigenvalue weighted by atomic mass is 32.1. The number of nitrogens with zero attached hydrogens (tertiary/aromatic N) is 1. The fraction of sp³-hybridized carbons (Fsp3) is 0. The van der Waals surface area contributed by atoms with Gasteiger partial charge in [0.1, 0.15) is 0 Å². The van der Waals surface area contributed by atoms with E-state index in [4.69, 9.17) is 0 Å². The summed E-state index contributed by atoms with van der Waals surface area (Å²) in [7, 11) is 0. The van der Waals surface area contributed by atoms with Crippen LogP contribution in [-0.2, 0) is 0 Å². The second-order valence-corrected chi connectivity index (χ2v) is 12.3. The first-order valence-corrected chi connectivity index (χ1v) is 15.3. The summed E-state index contributed by atoms with van der Waals surface area (Å²) in [4.78, 5) is 0. The smallest absolute Gasteiger partial charge is 0.0641 e. The second kappa shape index (κ2) is 8.19. The zero-order valence-corrected chi connectivity index (χ0v) is 23.5. The van der Waals surface area contributed by atoms with E-state index >= 15 is 0 Å². The Balaban J connectivity index is 1.66. The number of rotatable bonds is 1. The Morgan fingerprint density at radius 3 is 1.67 bits per heavy atom. The molecule has 10 aromatic rings. The van der Waals surface area contributed by atoms with E-state index in [0.717, 1.165) is 0 Å². The molecule has 0 aliphatic carbocycles. The van der Waals surface area contributed by atoms with Crippen molar-refractivity contribution in [1.82, 2.24) is 4.57 Å². The van der Waals surface area contributed by atoms with Gasteiger partial charge in [-0.05, 0) is 39.1 Å². The summed E-state index contributed by atoms with van der Waals surface area (Å²) in [5, 5.41) is 15.7. The summed E-state index contributed by atoms with van der Waals surface area (Å²) < 4.78 is 5.29. The van der Waals surface area contributed by atoms with Gasteiger partial charge < -0.3 is 4.57 Å². The summed E-state index contributed by atoms with van der Waals surface area (Å²) in [6, 6.07) is 51.5. The molecule has 0 amide bonds. The molecule has 0 unspecified atom stereocenters. The van der Waals surface area contributed by atoms with Gasteiger partial charge in [0.2, 0.25) is 0 Å². The first-order chi connectivity index (χ1) is 20.9. The third kappa shape index (κ3) is 2.77. The molecule has 2 heterocycles. The molecule has 10 rings (SSSR count). The maximum atomic E-state index is 2.61. The highest BCUT2D eigenvalue weighted by Crippen LogP contribution is 2.51. The number of hydrogen-bond acceptors (Lipinski definition) is 1. The number of hydrogen-bond donors (Lipinski definition) is 0. The SMILES string of the molecule is c1ccc2c(-n3c4c5ccccc5c5ccccc5c4c4c5ccccc5c5sc6ccccc6c5c43)cccc2c1. The predicted octanol–water partition coefficient (Wildman–Crippen LogP) is 11.8. The van der Waals surface area contributed by atoms with Gasteiger partial charge in [-0.1, -0.05) is 127 Å². The molecule has 2 aromatic heterocycles. The van der Waals surface area contributed by atoms with Gasteiger partial charge in [-0.25, -0.2) is 0 Å². The van der Waals surface area contributed by atoms with Crippen LogP contribution in [0.4, 0.5) is 0 Å². The molecule has 0 spiro atoms. The van der Waals surface area contributed by atoms with Crippen molar-refractivity contribution in [1.29, 1.82) is 0 Å². The zero-order chi connectivity index (χ0) is 27.4. The lowest BCUT2D eigenvalue weighted by molar-refractivity contribution is 1.21. The Hall–Kier alpha value is -5.18. The van der Waals surface area contributed by atoms with E-state index in [0.29, 0.717) is 0 Å². The maximum Gasteiger partial charge on any atom is 0.0641 e. The van der Waals surface area contributed by atoms with E-state index in [-0.39, 0.29) is 0 Å². The maximum absolute atomic E-state index is 2.61. The Labute approximate surface area is 245 Å². The minimum atomic E-state index is 1.22. The van der Waals surface area contributed by atoms with Gasteiger partial charge in [0.05, 0.1) is 16.7 Å². The molecule has 0 fully saturated rings. The zero-order valence-electron chi connectivity index (χ0n) is 22.6. The van der Waals surface area contributed by atoms with Crippen LogP contribution in [0.25, 0.3) is 90.8 Å². The lowest BCUT2D eigenvalue weighted by atomic mass is 9.94. The quantitative estimate of drug-likeness (QED) is 0.179.